The van der Waals surface area contributed by atoms with Gasteiger partial charge in [-0.1, -0.05) is 29.3 Å². The Labute approximate surface area is 185 Å². The first-order chi connectivity index (χ1) is 14.8. The van der Waals surface area contributed by atoms with Gasteiger partial charge in [-0.3, -0.25) is 9.69 Å². The molecule has 0 atom stereocenters. The molecule has 1 aliphatic heterocycles. The van der Waals surface area contributed by atoms with Crippen LogP contribution in [0.4, 0.5) is 18.9 Å². The number of hydrogen-bond acceptors (Lipinski definition) is 4. The Balaban J connectivity index is 1.75. The number of aromatic nitrogens is 2. The third-order valence-electron chi connectivity index (χ3n) is 4.93. The second-order valence-electron chi connectivity index (χ2n) is 6.96. The Morgan fingerprint density at radius 3 is 2.45 bits per heavy atom. The monoisotopic (exact) mass is 472 g/mol. The van der Waals surface area contributed by atoms with E-state index in [2.05, 4.69) is 10.3 Å². The predicted octanol–water partition coefficient (Wildman–Crippen LogP) is 4.74. The summed E-state index contributed by atoms with van der Waals surface area (Å²) in [6, 6.07) is 7.61. The minimum absolute atomic E-state index is 0.00345. The quantitative estimate of drug-likeness (QED) is 0.595. The third-order valence-corrected chi connectivity index (χ3v) is 5.56. The lowest BCUT2D eigenvalue weighted by Crippen LogP contribution is -2.36. The number of imidazole rings is 1. The van der Waals surface area contributed by atoms with Crippen LogP contribution in [-0.2, 0) is 17.5 Å². The SMILES string of the molecule is O=C(Nc1cccn2c(CN3CCOCC3)c(C(F)(F)F)nc12)c1c(Cl)cccc1Cl. The fourth-order valence-electron chi connectivity index (χ4n) is 3.46. The first-order valence-corrected chi connectivity index (χ1v) is 10.1. The minimum atomic E-state index is -4.65. The molecule has 1 saturated heterocycles. The molecule has 1 N–H and O–H groups in total. The number of pyridine rings is 1. The number of carbonyl (C=O) groups excluding carboxylic acids is 1. The molecule has 4 rings (SSSR count). The van der Waals surface area contributed by atoms with Gasteiger partial charge in [0.1, 0.15) is 0 Å². The maximum Gasteiger partial charge on any atom is 0.435 e. The Morgan fingerprint density at radius 1 is 1.13 bits per heavy atom. The van der Waals surface area contributed by atoms with E-state index < -0.39 is 17.8 Å². The van der Waals surface area contributed by atoms with E-state index in [1.165, 1.54) is 28.8 Å². The first-order valence-electron chi connectivity index (χ1n) is 9.38. The maximum atomic E-state index is 13.8. The maximum absolute atomic E-state index is 13.8. The molecule has 0 radical (unpaired) electrons. The van der Waals surface area contributed by atoms with Crippen LogP contribution in [0.2, 0.25) is 10.0 Å². The highest BCUT2D eigenvalue weighted by molar-refractivity contribution is 6.40. The highest BCUT2D eigenvalue weighted by Gasteiger charge is 2.38. The number of alkyl halides is 3. The van der Waals surface area contributed by atoms with Gasteiger partial charge in [0, 0.05) is 25.8 Å². The van der Waals surface area contributed by atoms with E-state index in [-0.39, 0.29) is 39.2 Å². The number of amides is 1. The van der Waals surface area contributed by atoms with Crippen LogP contribution >= 0.6 is 23.2 Å². The third kappa shape index (κ3) is 4.50. The summed E-state index contributed by atoms with van der Waals surface area (Å²) in [6.45, 7) is 2.00. The predicted molar refractivity (Wildman–Crippen MR) is 111 cm³/mol. The Bertz CT molecular complexity index is 1110. The lowest BCUT2D eigenvalue weighted by Gasteiger charge is -2.26. The van der Waals surface area contributed by atoms with Crippen LogP contribution in [0, 0.1) is 0 Å². The van der Waals surface area contributed by atoms with Gasteiger partial charge in [-0.2, -0.15) is 13.2 Å². The summed E-state index contributed by atoms with van der Waals surface area (Å²) in [5.74, 6) is -0.644. The van der Waals surface area contributed by atoms with Crippen molar-refractivity contribution >= 4 is 40.4 Å². The second-order valence-corrected chi connectivity index (χ2v) is 7.77. The zero-order valence-corrected chi connectivity index (χ0v) is 17.6. The summed E-state index contributed by atoms with van der Waals surface area (Å²) in [5.41, 5.74) is -0.867. The molecule has 0 spiro atoms. The lowest BCUT2D eigenvalue weighted by atomic mass is 10.2. The number of hydrogen-bond donors (Lipinski definition) is 1. The van der Waals surface area contributed by atoms with E-state index in [9.17, 15) is 18.0 Å². The van der Waals surface area contributed by atoms with E-state index >= 15 is 0 Å². The average molecular weight is 473 g/mol. The van der Waals surface area contributed by atoms with Gasteiger partial charge in [-0.25, -0.2) is 4.98 Å². The van der Waals surface area contributed by atoms with Crippen molar-refractivity contribution in [3.63, 3.8) is 0 Å². The summed E-state index contributed by atoms with van der Waals surface area (Å²) >= 11 is 12.2. The summed E-state index contributed by atoms with van der Waals surface area (Å²) in [4.78, 5) is 18.5. The molecule has 6 nitrogen and oxygen atoms in total. The standard InChI is InChI=1S/C20H17Cl2F3N4O2/c21-12-3-1-4-13(22)16(12)19(30)26-14-5-2-6-29-15(11-28-7-9-31-10-8-28)17(20(23,24)25)27-18(14)29/h1-6H,7-11H2,(H,26,30). The summed E-state index contributed by atoms with van der Waals surface area (Å²) in [5, 5.41) is 2.84. The van der Waals surface area contributed by atoms with E-state index in [1.54, 1.807) is 12.1 Å². The molecule has 0 aliphatic carbocycles. The lowest BCUT2D eigenvalue weighted by molar-refractivity contribution is -0.141. The number of nitrogens with one attached hydrogen (secondary N) is 1. The summed E-state index contributed by atoms with van der Waals surface area (Å²) in [7, 11) is 0. The molecule has 11 heteroatoms. The number of nitrogens with zero attached hydrogens (tertiary/aromatic N) is 3. The van der Waals surface area contributed by atoms with Gasteiger partial charge < -0.3 is 14.5 Å². The molecule has 3 heterocycles. The molecule has 164 valence electrons. The Kier molecular flexibility index (Phi) is 6.11. The van der Waals surface area contributed by atoms with E-state index in [4.69, 9.17) is 27.9 Å². The normalized spacial score (nSPS) is 15.4. The molecule has 1 fully saturated rings. The van der Waals surface area contributed by atoms with E-state index in [0.29, 0.717) is 26.3 Å². The number of carbonyl (C=O) groups is 1. The molecule has 0 unspecified atom stereocenters. The van der Waals surface area contributed by atoms with Gasteiger partial charge >= 0.3 is 6.18 Å². The second kappa shape index (κ2) is 8.66. The highest BCUT2D eigenvalue weighted by atomic mass is 35.5. The molecule has 3 aromatic rings. The highest BCUT2D eigenvalue weighted by Crippen LogP contribution is 2.34. The molecule has 0 bridgehead atoms. The van der Waals surface area contributed by atoms with Crippen LogP contribution in [0.5, 0.6) is 0 Å². The molecular weight excluding hydrogens is 456 g/mol. The van der Waals surface area contributed by atoms with Gasteiger partial charge in [0.05, 0.1) is 40.2 Å². The largest absolute Gasteiger partial charge is 0.435 e. The first kappa shape index (κ1) is 21.9. The zero-order chi connectivity index (χ0) is 22.2. The van der Waals surface area contributed by atoms with Crippen molar-refractivity contribution in [1.29, 1.82) is 0 Å². The van der Waals surface area contributed by atoms with Crippen LogP contribution in [0.1, 0.15) is 21.7 Å². The molecule has 1 aromatic carbocycles. The fraction of sp³-hybridized carbons (Fsp3) is 0.300. The average Bonchev–Trinajstić information content (AvgIpc) is 3.09. The van der Waals surface area contributed by atoms with Gasteiger partial charge in [-0.05, 0) is 24.3 Å². The Morgan fingerprint density at radius 2 is 1.81 bits per heavy atom. The van der Waals surface area contributed by atoms with Crippen molar-refractivity contribution in [3.05, 3.63) is 63.5 Å². The van der Waals surface area contributed by atoms with Crippen LogP contribution in [0.25, 0.3) is 5.65 Å². The number of fused-ring (bicyclic) bond motifs is 1. The van der Waals surface area contributed by atoms with Crippen molar-refractivity contribution in [3.8, 4) is 0 Å². The van der Waals surface area contributed by atoms with Crippen LogP contribution in [-0.4, -0.2) is 46.5 Å². The molecule has 2 aromatic heterocycles. The van der Waals surface area contributed by atoms with Gasteiger partial charge in [0.2, 0.25) is 0 Å². The summed E-state index contributed by atoms with van der Waals surface area (Å²) in [6.07, 6.45) is -3.16. The topological polar surface area (TPSA) is 58.9 Å². The van der Waals surface area contributed by atoms with E-state index in [1.807, 2.05) is 4.90 Å². The number of halogens is 5. The molecule has 31 heavy (non-hydrogen) atoms. The van der Waals surface area contributed by atoms with Gasteiger partial charge in [-0.15, -0.1) is 0 Å². The van der Waals surface area contributed by atoms with Gasteiger partial charge in [0.25, 0.3) is 5.91 Å². The van der Waals surface area contributed by atoms with Crippen molar-refractivity contribution in [2.45, 2.75) is 12.7 Å². The zero-order valence-electron chi connectivity index (χ0n) is 16.0. The number of rotatable bonds is 4. The van der Waals surface area contributed by atoms with Gasteiger partial charge in [0.15, 0.2) is 11.3 Å². The summed E-state index contributed by atoms with van der Waals surface area (Å²) < 4.78 is 47.9. The van der Waals surface area contributed by atoms with Crippen molar-refractivity contribution in [1.82, 2.24) is 14.3 Å². The van der Waals surface area contributed by atoms with E-state index in [0.717, 1.165) is 0 Å². The smallest absolute Gasteiger partial charge is 0.379 e. The number of benzene rings is 1. The van der Waals surface area contributed by atoms with Crippen LogP contribution < -0.4 is 5.32 Å². The fourth-order valence-corrected chi connectivity index (χ4v) is 4.03. The van der Waals surface area contributed by atoms with Crippen molar-refractivity contribution in [2.24, 2.45) is 0 Å². The van der Waals surface area contributed by atoms with Crippen LogP contribution in [0.3, 0.4) is 0 Å². The number of morpholine rings is 1. The number of ether oxygens (including phenoxy) is 1. The molecule has 0 saturated carbocycles. The van der Waals surface area contributed by atoms with Crippen molar-refractivity contribution in [2.75, 3.05) is 31.6 Å². The molecule has 1 aliphatic rings. The Hall–Kier alpha value is -2.33. The van der Waals surface area contributed by atoms with Crippen molar-refractivity contribution < 1.29 is 22.7 Å². The molecular formula is C20H17Cl2F3N4O2. The number of anilines is 1. The van der Waals surface area contributed by atoms with Crippen LogP contribution in [0.15, 0.2) is 36.5 Å². The minimum Gasteiger partial charge on any atom is -0.379 e. The molecule has 1 amide bonds.